The van der Waals surface area contributed by atoms with Crippen LogP contribution in [-0.2, 0) is 0 Å². The molecule has 0 N–H and O–H groups in total. The Bertz CT molecular complexity index is 394. The molecule has 0 radical (unpaired) electrons. The lowest BCUT2D eigenvalue weighted by atomic mass is 10.2. The lowest BCUT2D eigenvalue weighted by Crippen LogP contribution is -1.94. The van der Waals surface area contributed by atoms with Crippen LogP contribution in [0.25, 0.3) is 0 Å². The molecule has 1 aromatic rings. The molecular formula is C6H4N2O5S. The second-order valence-corrected chi connectivity index (χ2v) is 2.44. The van der Waals surface area contributed by atoms with E-state index in [1.807, 2.05) is 0 Å². The first-order valence-electron chi connectivity index (χ1n) is 3.30. The third kappa shape index (κ3) is 1.91. The van der Waals surface area contributed by atoms with E-state index in [2.05, 4.69) is 17.1 Å². The number of non-ortho nitro benzene ring substituents is 1. The summed E-state index contributed by atoms with van der Waals surface area (Å²) in [6, 6.07) is 3.02. The minimum atomic E-state index is -0.779. The van der Waals surface area contributed by atoms with Crippen molar-refractivity contribution < 1.29 is 14.0 Å². The minimum Gasteiger partial charge on any atom is -0.422 e. The number of hydrogen-bond acceptors (Lipinski definition) is 6. The van der Waals surface area contributed by atoms with E-state index in [0.717, 1.165) is 18.2 Å². The summed E-state index contributed by atoms with van der Waals surface area (Å²) in [6.07, 6.45) is 0. The summed E-state index contributed by atoms with van der Waals surface area (Å²) in [4.78, 5) is 19.2. The molecule has 0 aliphatic rings. The molecule has 0 atom stereocenters. The summed E-state index contributed by atoms with van der Waals surface area (Å²) < 4.78 is 4.37. The summed E-state index contributed by atoms with van der Waals surface area (Å²) >= 11 is 3.39. The Balaban J connectivity index is 3.27. The Kier molecular flexibility index (Phi) is 2.87. The quantitative estimate of drug-likeness (QED) is 0.359. The highest BCUT2D eigenvalue weighted by atomic mass is 32.1. The van der Waals surface area contributed by atoms with Gasteiger partial charge in [0.15, 0.2) is 0 Å². The zero-order valence-corrected chi connectivity index (χ0v) is 7.51. The lowest BCUT2D eigenvalue weighted by Gasteiger charge is -1.98. The first-order chi connectivity index (χ1) is 6.56. The molecule has 0 amide bonds. The highest BCUT2D eigenvalue weighted by Crippen LogP contribution is 2.31. The van der Waals surface area contributed by atoms with Gasteiger partial charge in [0.25, 0.3) is 5.69 Å². The normalized spacial score (nSPS) is 9.50. The van der Waals surface area contributed by atoms with Crippen molar-refractivity contribution in [3.05, 3.63) is 38.4 Å². The fourth-order valence-electron chi connectivity index (χ4n) is 0.839. The smallest absolute Gasteiger partial charge is 0.319 e. The average molecular weight is 216 g/mol. The molecule has 7 nitrogen and oxygen atoms in total. The number of thiol groups is 1. The molecule has 1 aromatic carbocycles. The first kappa shape index (κ1) is 10.3. The molecule has 0 bridgehead atoms. The van der Waals surface area contributed by atoms with Gasteiger partial charge in [-0.2, -0.15) is 0 Å². The van der Waals surface area contributed by atoms with E-state index in [9.17, 15) is 20.2 Å². The third-order valence-electron chi connectivity index (χ3n) is 1.45. The van der Waals surface area contributed by atoms with Gasteiger partial charge in [-0.25, -0.2) is 0 Å². The largest absolute Gasteiger partial charge is 0.422 e. The van der Waals surface area contributed by atoms with Crippen molar-refractivity contribution in [1.82, 2.24) is 0 Å². The Labute approximate surface area is 83.2 Å². The SMILES string of the molecule is O=[N+]([O-])c1ccc(OS)c([N+](=O)[O-])c1. The van der Waals surface area contributed by atoms with Gasteiger partial charge in [-0.1, -0.05) is 0 Å². The second-order valence-electron chi connectivity index (χ2n) is 2.26. The fraction of sp³-hybridized carbons (Fsp3) is 0. The third-order valence-corrected chi connectivity index (χ3v) is 1.65. The van der Waals surface area contributed by atoms with E-state index in [-0.39, 0.29) is 11.4 Å². The number of nitro groups is 2. The molecule has 0 spiro atoms. The molecule has 0 saturated carbocycles. The predicted molar refractivity (Wildman–Crippen MR) is 49.4 cm³/mol. The zero-order valence-electron chi connectivity index (χ0n) is 6.61. The van der Waals surface area contributed by atoms with Gasteiger partial charge in [-0.05, 0) is 6.07 Å². The average Bonchev–Trinajstić information content (AvgIpc) is 2.16. The number of hydrogen-bond donors (Lipinski definition) is 1. The number of benzene rings is 1. The molecule has 1 rings (SSSR count). The van der Waals surface area contributed by atoms with E-state index in [1.165, 1.54) is 0 Å². The number of nitrogens with zero attached hydrogens (tertiary/aromatic N) is 2. The topological polar surface area (TPSA) is 95.5 Å². The van der Waals surface area contributed by atoms with Gasteiger partial charge in [0, 0.05) is 19.0 Å². The Morgan fingerprint density at radius 1 is 1.21 bits per heavy atom. The van der Waals surface area contributed by atoms with E-state index >= 15 is 0 Å². The van der Waals surface area contributed by atoms with Gasteiger partial charge < -0.3 is 4.18 Å². The van der Waals surface area contributed by atoms with Gasteiger partial charge in [0.05, 0.1) is 15.9 Å². The fourth-order valence-corrected chi connectivity index (χ4v) is 0.994. The van der Waals surface area contributed by atoms with Crippen molar-refractivity contribution in [3.63, 3.8) is 0 Å². The molecule has 14 heavy (non-hydrogen) atoms. The van der Waals surface area contributed by atoms with Crippen LogP contribution in [0.15, 0.2) is 18.2 Å². The van der Waals surface area contributed by atoms with Gasteiger partial charge in [-0.15, -0.1) is 0 Å². The maximum atomic E-state index is 10.4. The van der Waals surface area contributed by atoms with E-state index < -0.39 is 15.5 Å². The summed E-state index contributed by atoms with van der Waals surface area (Å²) in [7, 11) is 0. The molecular weight excluding hydrogens is 212 g/mol. The van der Waals surface area contributed by atoms with Crippen LogP contribution in [0.3, 0.4) is 0 Å². The Morgan fingerprint density at radius 3 is 2.29 bits per heavy atom. The van der Waals surface area contributed by atoms with E-state index in [4.69, 9.17) is 0 Å². The van der Waals surface area contributed by atoms with Gasteiger partial charge >= 0.3 is 5.69 Å². The molecule has 0 aliphatic heterocycles. The molecule has 0 fully saturated rings. The van der Waals surface area contributed by atoms with E-state index in [1.54, 1.807) is 0 Å². The highest BCUT2D eigenvalue weighted by Gasteiger charge is 2.19. The predicted octanol–water partition coefficient (Wildman–Crippen LogP) is 1.73. The molecule has 0 saturated heterocycles. The maximum absolute atomic E-state index is 10.4. The van der Waals surface area contributed by atoms with Crippen molar-refractivity contribution in [2.45, 2.75) is 0 Å². The maximum Gasteiger partial charge on any atom is 0.319 e. The summed E-state index contributed by atoms with van der Waals surface area (Å²) in [5.74, 6) is -0.135. The van der Waals surface area contributed by atoms with Crippen molar-refractivity contribution in [3.8, 4) is 5.75 Å². The highest BCUT2D eigenvalue weighted by molar-refractivity contribution is 7.75. The van der Waals surface area contributed by atoms with Crippen LogP contribution in [0.4, 0.5) is 11.4 Å². The van der Waals surface area contributed by atoms with Crippen LogP contribution in [0.2, 0.25) is 0 Å². The van der Waals surface area contributed by atoms with Gasteiger partial charge in [0.1, 0.15) is 0 Å². The zero-order chi connectivity index (χ0) is 10.7. The molecule has 74 valence electrons. The van der Waals surface area contributed by atoms with Crippen molar-refractivity contribution in [2.75, 3.05) is 0 Å². The first-order valence-corrected chi connectivity index (χ1v) is 3.67. The van der Waals surface area contributed by atoms with Crippen LogP contribution in [0.1, 0.15) is 0 Å². The minimum absolute atomic E-state index is 0.135. The Hall–Kier alpha value is -1.83. The van der Waals surface area contributed by atoms with Crippen molar-refractivity contribution >= 4 is 24.3 Å². The van der Waals surface area contributed by atoms with Crippen LogP contribution >= 0.6 is 12.9 Å². The summed E-state index contributed by atoms with van der Waals surface area (Å²) in [6.45, 7) is 0. The lowest BCUT2D eigenvalue weighted by molar-refractivity contribution is -0.394. The van der Waals surface area contributed by atoms with Crippen molar-refractivity contribution in [2.24, 2.45) is 0 Å². The van der Waals surface area contributed by atoms with Crippen LogP contribution in [-0.4, -0.2) is 9.85 Å². The monoisotopic (exact) mass is 216 g/mol. The summed E-state index contributed by atoms with van der Waals surface area (Å²) in [5, 5.41) is 20.7. The Morgan fingerprint density at radius 2 is 1.86 bits per heavy atom. The van der Waals surface area contributed by atoms with Crippen LogP contribution in [0, 0.1) is 20.2 Å². The second kappa shape index (κ2) is 3.92. The molecule has 8 heteroatoms. The van der Waals surface area contributed by atoms with Crippen molar-refractivity contribution in [1.29, 1.82) is 0 Å². The molecule has 0 aromatic heterocycles. The molecule has 0 aliphatic carbocycles. The number of rotatable bonds is 3. The number of nitro benzene ring substituents is 2. The summed E-state index contributed by atoms with van der Waals surface area (Å²) in [5.41, 5.74) is -0.861. The molecule has 0 unspecified atom stereocenters. The van der Waals surface area contributed by atoms with Crippen LogP contribution in [0.5, 0.6) is 5.75 Å². The van der Waals surface area contributed by atoms with Crippen LogP contribution < -0.4 is 4.18 Å². The van der Waals surface area contributed by atoms with Gasteiger partial charge in [-0.3, -0.25) is 20.2 Å². The van der Waals surface area contributed by atoms with Gasteiger partial charge in [0.2, 0.25) is 5.75 Å². The standard InChI is InChI=1S/C6H4N2O5S/c9-7(10)4-1-2-6(13-14)5(3-4)8(11)12/h1-3,14H. The van der Waals surface area contributed by atoms with E-state index in [0.29, 0.717) is 0 Å². The molecule has 0 heterocycles.